The van der Waals surface area contributed by atoms with Crippen molar-refractivity contribution < 1.29 is 19.1 Å². The van der Waals surface area contributed by atoms with E-state index in [1.807, 2.05) is 6.92 Å². The van der Waals surface area contributed by atoms with E-state index in [1.165, 1.54) is 13.5 Å². The van der Waals surface area contributed by atoms with Crippen molar-refractivity contribution in [3.05, 3.63) is 46.8 Å². The number of rotatable bonds is 7. The fourth-order valence-electron chi connectivity index (χ4n) is 3.90. The van der Waals surface area contributed by atoms with Crippen molar-refractivity contribution >= 4 is 23.5 Å². The van der Waals surface area contributed by atoms with E-state index in [1.54, 1.807) is 36.0 Å². The van der Waals surface area contributed by atoms with Gasteiger partial charge in [0.15, 0.2) is 0 Å². The Bertz CT molecular complexity index is 960. The second-order valence-electron chi connectivity index (χ2n) is 7.92. The van der Waals surface area contributed by atoms with Crippen LogP contribution < -0.4 is 10.6 Å². The Hall–Kier alpha value is -3.16. The second kappa shape index (κ2) is 10.2. The van der Waals surface area contributed by atoms with Crippen LogP contribution in [0.3, 0.4) is 0 Å². The average molecular weight is 427 g/mol. The Morgan fingerprint density at radius 3 is 2.52 bits per heavy atom. The lowest BCUT2D eigenvalue weighted by atomic mass is 9.88. The minimum absolute atomic E-state index is 0.00344. The molecule has 2 N–H and O–H groups in total. The molecule has 1 aliphatic rings. The Morgan fingerprint density at radius 2 is 1.87 bits per heavy atom. The van der Waals surface area contributed by atoms with Crippen molar-refractivity contribution in [1.82, 2.24) is 15.1 Å². The molecule has 0 atom stereocenters. The molecular weight excluding hydrogens is 396 g/mol. The van der Waals surface area contributed by atoms with E-state index in [-0.39, 0.29) is 24.3 Å². The molecule has 3 rings (SSSR count). The molecule has 1 saturated carbocycles. The highest BCUT2D eigenvalue weighted by Crippen LogP contribution is 2.25. The van der Waals surface area contributed by atoms with Crippen LogP contribution >= 0.6 is 0 Å². The lowest BCUT2D eigenvalue weighted by Crippen LogP contribution is -2.26. The van der Waals surface area contributed by atoms with Gasteiger partial charge in [0, 0.05) is 25.2 Å². The van der Waals surface area contributed by atoms with Gasteiger partial charge in [0.05, 0.1) is 18.4 Å². The van der Waals surface area contributed by atoms with Crippen molar-refractivity contribution in [1.29, 1.82) is 0 Å². The summed E-state index contributed by atoms with van der Waals surface area (Å²) in [5, 5.41) is 10.1. The Morgan fingerprint density at radius 1 is 1.13 bits per heavy atom. The summed E-state index contributed by atoms with van der Waals surface area (Å²) in [5.74, 6) is -0.790. The van der Waals surface area contributed by atoms with Crippen LogP contribution in [0.1, 0.15) is 71.1 Å². The van der Waals surface area contributed by atoms with Gasteiger partial charge in [0.25, 0.3) is 5.91 Å². The molecule has 1 aromatic carbocycles. The molecule has 166 valence electrons. The van der Waals surface area contributed by atoms with Crippen LogP contribution in [0.4, 0.5) is 5.69 Å². The fourth-order valence-corrected chi connectivity index (χ4v) is 3.90. The maximum atomic E-state index is 12.6. The highest BCUT2D eigenvalue weighted by Gasteiger charge is 2.22. The number of hydrogen-bond donors (Lipinski definition) is 2. The first-order valence-electron chi connectivity index (χ1n) is 10.8. The summed E-state index contributed by atoms with van der Waals surface area (Å²) >= 11 is 0. The van der Waals surface area contributed by atoms with E-state index in [0.29, 0.717) is 22.5 Å². The lowest BCUT2D eigenvalue weighted by Gasteiger charge is -2.21. The van der Waals surface area contributed by atoms with Crippen LogP contribution in [-0.4, -0.2) is 34.7 Å². The summed E-state index contributed by atoms with van der Waals surface area (Å²) in [6, 6.07) is 6.79. The summed E-state index contributed by atoms with van der Waals surface area (Å²) in [6.45, 7) is 2.17. The summed E-state index contributed by atoms with van der Waals surface area (Å²) in [7, 11) is 3.04. The number of anilines is 1. The predicted octanol–water partition coefficient (Wildman–Crippen LogP) is 3.22. The molecule has 2 aromatic rings. The van der Waals surface area contributed by atoms with Gasteiger partial charge in [0.1, 0.15) is 5.69 Å². The number of carbonyl (C=O) groups is 3. The minimum atomic E-state index is -0.499. The third-order valence-electron chi connectivity index (χ3n) is 5.64. The fraction of sp³-hybridized carbons (Fsp3) is 0.478. The summed E-state index contributed by atoms with van der Waals surface area (Å²) in [6.07, 6.45) is 5.80. The summed E-state index contributed by atoms with van der Waals surface area (Å²) < 4.78 is 6.39. The van der Waals surface area contributed by atoms with Crippen molar-refractivity contribution in [3.63, 3.8) is 0 Å². The molecule has 0 spiro atoms. The zero-order valence-electron chi connectivity index (χ0n) is 18.4. The normalized spacial score (nSPS) is 14.2. The number of benzene rings is 1. The standard InChI is InChI=1S/C23H30N4O4/c1-4-18-13-20(27(2)26-18)22(29)24-14-15-10-17(23(30)31-3)12-19(11-15)25-21(28)16-8-6-5-7-9-16/h10-13,16H,4-9,14H2,1-3H3,(H,24,29)(H,25,28). The topological polar surface area (TPSA) is 102 Å². The molecular formula is C23H30N4O4. The first-order valence-corrected chi connectivity index (χ1v) is 10.8. The highest BCUT2D eigenvalue weighted by atomic mass is 16.5. The molecule has 2 amide bonds. The number of hydrogen-bond acceptors (Lipinski definition) is 5. The Balaban J connectivity index is 1.74. The van der Waals surface area contributed by atoms with Gasteiger partial charge < -0.3 is 15.4 Å². The Labute approximate surface area is 182 Å². The molecule has 1 heterocycles. The van der Waals surface area contributed by atoms with Crippen LogP contribution in [-0.2, 0) is 29.5 Å². The highest BCUT2D eigenvalue weighted by molar-refractivity contribution is 5.96. The number of ether oxygens (including phenoxy) is 1. The number of nitrogens with zero attached hydrogens (tertiary/aromatic N) is 2. The van der Waals surface area contributed by atoms with Gasteiger partial charge in [0.2, 0.25) is 5.91 Å². The quantitative estimate of drug-likeness (QED) is 0.662. The maximum Gasteiger partial charge on any atom is 0.337 e. The van der Waals surface area contributed by atoms with Gasteiger partial charge in [-0.25, -0.2) is 4.79 Å². The van der Waals surface area contributed by atoms with Gasteiger partial charge in [-0.1, -0.05) is 26.2 Å². The van der Waals surface area contributed by atoms with Crippen molar-refractivity contribution in [2.75, 3.05) is 12.4 Å². The molecule has 1 aliphatic carbocycles. The summed E-state index contributed by atoms with van der Waals surface area (Å²) in [4.78, 5) is 37.3. The molecule has 8 nitrogen and oxygen atoms in total. The number of nitrogens with one attached hydrogen (secondary N) is 2. The maximum absolute atomic E-state index is 12.6. The van der Waals surface area contributed by atoms with E-state index in [4.69, 9.17) is 4.74 Å². The van der Waals surface area contributed by atoms with Crippen molar-refractivity contribution in [3.8, 4) is 0 Å². The third-order valence-corrected chi connectivity index (χ3v) is 5.64. The van der Waals surface area contributed by atoms with Crippen LogP contribution in [0, 0.1) is 5.92 Å². The number of carbonyl (C=O) groups excluding carboxylic acids is 3. The van der Waals surface area contributed by atoms with Crippen LogP contribution in [0.2, 0.25) is 0 Å². The number of aromatic nitrogens is 2. The van der Waals surface area contributed by atoms with Gasteiger partial charge in [-0.05, 0) is 49.1 Å². The van der Waals surface area contributed by atoms with Crippen molar-refractivity contribution in [2.45, 2.75) is 52.0 Å². The molecule has 0 unspecified atom stereocenters. The molecule has 1 aromatic heterocycles. The largest absolute Gasteiger partial charge is 0.465 e. The number of methoxy groups -OCH3 is 1. The van der Waals surface area contributed by atoms with E-state index in [9.17, 15) is 14.4 Å². The van der Waals surface area contributed by atoms with Gasteiger partial charge in [-0.2, -0.15) is 5.10 Å². The zero-order chi connectivity index (χ0) is 22.4. The first-order chi connectivity index (χ1) is 14.9. The van der Waals surface area contributed by atoms with Gasteiger partial charge in [-0.15, -0.1) is 0 Å². The zero-order valence-corrected chi connectivity index (χ0v) is 18.4. The molecule has 0 aliphatic heterocycles. The second-order valence-corrected chi connectivity index (χ2v) is 7.92. The monoisotopic (exact) mass is 426 g/mol. The summed E-state index contributed by atoms with van der Waals surface area (Å²) in [5.41, 5.74) is 2.84. The molecule has 0 radical (unpaired) electrons. The van der Waals surface area contributed by atoms with E-state index >= 15 is 0 Å². The Kier molecular flexibility index (Phi) is 7.44. The van der Waals surface area contributed by atoms with E-state index in [0.717, 1.165) is 37.8 Å². The smallest absolute Gasteiger partial charge is 0.337 e. The molecule has 0 bridgehead atoms. The van der Waals surface area contributed by atoms with Crippen LogP contribution in [0.15, 0.2) is 24.3 Å². The molecule has 31 heavy (non-hydrogen) atoms. The van der Waals surface area contributed by atoms with Gasteiger partial charge >= 0.3 is 5.97 Å². The van der Waals surface area contributed by atoms with Crippen molar-refractivity contribution in [2.24, 2.45) is 13.0 Å². The van der Waals surface area contributed by atoms with Crippen LogP contribution in [0.5, 0.6) is 0 Å². The average Bonchev–Trinajstić information content (AvgIpc) is 3.18. The number of aryl methyl sites for hydroxylation is 2. The third kappa shape index (κ3) is 5.71. The lowest BCUT2D eigenvalue weighted by molar-refractivity contribution is -0.120. The number of amides is 2. The predicted molar refractivity (Wildman–Crippen MR) is 117 cm³/mol. The molecule has 1 fully saturated rings. The number of esters is 1. The van der Waals surface area contributed by atoms with E-state index in [2.05, 4.69) is 15.7 Å². The molecule has 8 heteroatoms. The minimum Gasteiger partial charge on any atom is -0.465 e. The SMILES string of the molecule is CCc1cc(C(=O)NCc2cc(NC(=O)C3CCCCC3)cc(C(=O)OC)c2)n(C)n1. The first kappa shape index (κ1) is 22.5. The van der Waals surface area contributed by atoms with Gasteiger partial charge in [-0.3, -0.25) is 14.3 Å². The molecule has 0 saturated heterocycles. The van der Waals surface area contributed by atoms with E-state index < -0.39 is 5.97 Å². The van der Waals surface area contributed by atoms with Crippen LogP contribution in [0.25, 0.3) is 0 Å².